The maximum absolute atomic E-state index is 8.71. The number of hydrogen-bond acceptors (Lipinski definition) is 3. The highest BCUT2D eigenvalue weighted by molar-refractivity contribution is 7.98. The van der Waals surface area contributed by atoms with Crippen LogP contribution in [-0.2, 0) is 5.75 Å². The Morgan fingerprint density at radius 2 is 1.95 bits per heavy atom. The predicted octanol–water partition coefficient (Wildman–Crippen LogP) is 4.18. The first-order valence-corrected chi connectivity index (χ1v) is 7.69. The van der Waals surface area contributed by atoms with Gasteiger partial charge in [-0.1, -0.05) is 29.8 Å². The fourth-order valence-electron chi connectivity index (χ4n) is 1.84. The van der Waals surface area contributed by atoms with Crippen LogP contribution in [0.4, 0.5) is 0 Å². The topological polar surface area (TPSA) is 33.0 Å². The van der Waals surface area contributed by atoms with E-state index in [1.54, 1.807) is 12.1 Å². The van der Waals surface area contributed by atoms with Gasteiger partial charge in [0.2, 0.25) is 0 Å². The molecule has 0 bridgehead atoms. The predicted molar refractivity (Wildman–Crippen MR) is 84.0 cm³/mol. The van der Waals surface area contributed by atoms with Crippen LogP contribution in [0.5, 0.6) is 5.75 Å². The van der Waals surface area contributed by atoms with Crippen molar-refractivity contribution >= 4 is 11.8 Å². The lowest BCUT2D eigenvalue weighted by atomic mass is 10.2. The minimum absolute atomic E-state index is 0.658. The van der Waals surface area contributed by atoms with Crippen LogP contribution in [0.3, 0.4) is 0 Å². The first-order valence-electron chi connectivity index (χ1n) is 6.54. The molecule has 0 N–H and O–H groups in total. The van der Waals surface area contributed by atoms with Crippen LogP contribution >= 0.6 is 11.8 Å². The van der Waals surface area contributed by atoms with Gasteiger partial charge in [0.15, 0.2) is 0 Å². The molecule has 0 atom stereocenters. The van der Waals surface area contributed by atoms with Crippen molar-refractivity contribution in [1.29, 1.82) is 5.26 Å². The molecule has 0 aliphatic rings. The molecule has 2 aromatic rings. The summed E-state index contributed by atoms with van der Waals surface area (Å²) in [5, 5.41) is 8.71. The summed E-state index contributed by atoms with van der Waals surface area (Å²) in [6, 6.07) is 17.9. The smallest absolute Gasteiger partial charge is 0.119 e. The second kappa shape index (κ2) is 7.62. The number of benzene rings is 2. The molecule has 0 radical (unpaired) electrons. The lowest BCUT2D eigenvalue weighted by molar-refractivity contribution is 0.344. The zero-order chi connectivity index (χ0) is 14.2. The van der Waals surface area contributed by atoms with Crippen LogP contribution in [0.1, 0.15) is 16.7 Å². The van der Waals surface area contributed by atoms with Gasteiger partial charge in [0.1, 0.15) is 5.75 Å². The quantitative estimate of drug-likeness (QED) is 0.746. The van der Waals surface area contributed by atoms with Crippen LogP contribution in [-0.4, -0.2) is 12.4 Å². The molecule has 2 nitrogen and oxygen atoms in total. The zero-order valence-electron chi connectivity index (χ0n) is 11.5. The van der Waals surface area contributed by atoms with Crippen LogP contribution in [0.25, 0.3) is 0 Å². The minimum Gasteiger partial charge on any atom is -0.493 e. The summed E-state index contributed by atoms with van der Waals surface area (Å²) in [5.74, 6) is 2.78. The first-order chi connectivity index (χ1) is 9.78. The Kier molecular flexibility index (Phi) is 5.52. The maximum atomic E-state index is 8.71. The SMILES string of the molecule is Cc1cccc(CSCCOc2ccc(C#N)cc2)c1. The second-order valence-corrected chi connectivity index (χ2v) is 5.63. The molecule has 0 aliphatic heterocycles. The van der Waals surface area contributed by atoms with Crippen molar-refractivity contribution in [2.75, 3.05) is 12.4 Å². The number of ether oxygens (including phenoxy) is 1. The molecule has 0 spiro atoms. The van der Waals surface area contributed by atoms with Gasteiger partial charge in [-0.05, 0) is 36.8 Å². The third-order valence-corrected chi connectivity index (χ3v) is 3.82. The monoisotopic (exact) mass is 283 g/mol. The van der Waals surface area contributed by atoms with E-state index < -0.39 is 0 Å². The molecule has 0 saturated heterocycles. The molecule has 0 aliphatic carbocycles. The van der Waals surface area contributed by atoms with Gasteiger partial charge in [0.05, 0.1) is 18.2 Å². The van der Waals surface area contributed by atoms with Crippen LogP contribution in [0.2, 0.25) is 0 Å². The average Bonchev–Trinajstić information content (AvgIpc) is 2.48. The van der Waals surface area contributed by atoms with E-state index >= 15 is 0 Å². The highest BCUT2D eigenvalue weighted by Crippen LogP contribution is 2.15. The molecule has 0 aromatic heterocycles. The summed E-state index contributed by atoms with van der Waals surface area (Å²) in [5.41, 5.74) is 3.32. The highest BCUT2D eigenvalue weighted by Gasteiger charge is 1.97. The summed E-state index contributed by atoms with van der Waals surface area (Å²) in [7, 11) is 0. The van der Waals surface area contributed by atoms with Gasteiger partial charge in [-0.2, -0.15) is 17.0 Å². The third kappa shape index (κ3) is 4.64. The minimum atomic E-state index is 0.658. The summed E-state index contributed by atoms with van der Waals surface area (Å²) >= 11 is 1.86. The van der Waals surface area contributed by atoms with Gasteiger partial charge >= 0.3 is 0 Å². The second-order valence-electron chi connectivity index (χ2n) is 4.53. The Labute approximate surface area is 124 Å². The van der Waals surface area contributed by atoms with Crippen LogP contribution < -0.4 is 4.74 Å². The summed E-state index contributed by atoms with van der Waals surface area (Å²) in [6.07, 6.45) is 0. The molecule has 20 heavy (non-hydrogen) atoms. The molecule has 0 saturated carbocycles. The van der Waals surface area contributed by atoms with Gasteiger partial charge < -0.3 is 4.74 Å². The number of hydrogen-bond donors (Lipinski definition) is 0. The van der Waals surface area contributed by atoms with Gasteiger partial charge in [-0.3, -0.25) is 0 Å². The number of thioether (sulfide) groups is 1. The van der Waals surface area contributed by atoms with Crippen molar-refractivity contribution in [1.82, 2.24) is 0 Å². The van der Waals surface area contributed by atoms with Gasteiger partial charge in [-0.15, -0.1) is 0 Å². The summed E-state index contributed by atoms with van der Waals surface area (Å²) in [4.78, 5) is 0. The highest BCUT2D eigenvalue weighted by atomic mass is 32.2. The van der Waals surface area contributed by atoms with Crippen molar-refractivity contribution in [3.05, 3.63) is 65.2 Å². The zero-order valence-corrected chi connectivity index (χ0v) is 12.3. The maximum Gasteiger partial charge on any atom is 0.119 e. The average molecular weight is 283 g/mol. The number of rotatable bonds is 6. The Balaban J connectivity index is 1.67. The number of nitrogens with zero attached hydrogens (tertiary/aromatic N) is 1. The molecule has 3 heteroatoms. The molecule has 102 valence electrons. The normalized spacial score (nSPS) is 10.0. The molecular formula is C17H17NOS. The van der Waals surface area contributed by atoms with Gasteiger partial charge in [0.25, 0.3) is 0 Å². The Hall–Kier alpha value is -1.92. The van der Waals surface area contributed by atoms with E-state index in [-0.39, 0.29) is 0 Å². The molecule has 0 amide bonds. The fourth-order valence-corrected chi connectivity index (χ4v) is 2.60. The summed E-state index contributed by atoms with van der Waals surface area (Å²) < 4.78 is 5.64. The lowest BCUT2D eigenvalue weighted by Crippen LogP contribution is -2.00. The van der Waals surface area contributed by atoms with Crippen molar-refractivity contribution in [2.45, 2.75) is 12.7 Å². The Morgan fingerprint density at radius 1 is 1.15 bits per heavy atom. The fraction of sp³-hybridized carbons (Fsp3) is 0.235. The van der Waals surface area contributed by atoms with Crippen LogP contribution in [0, 0.1) is 18.3 Å². The van der Waals surface area contributed by atoms with E-state index in [2.05, 4.69) is 37.3 Å². The number of aryl methyl sites for hydroxylation is 1. The van der Waals surface area contributed by atoms with E-state index in [0.29, 0.717) is 12.2 Å². The van der Waals surface area contributed by atoms with Crippen molar-refractivity contribution in [3.8, 4) is 11.8 Å². The van der Waals surface area contributed by atoms with Crippen LogP contribution in [0.15, 0.2) is 48.5 Å². The van der Waals surface area contributed by atoms with Gasteiger partial charge in [0, 0.05) is 11.5 Å². The van der Waals surface area contributed by atoms with E-state index in [0.717, 1.165) is 17.3 Å². The van der Waals surface area contributed by atoms with Crippen molar-refractivity contribution < 1.29 is 4.74 Å². The largest absolute Gasteiger partial charge is 0.493 e. The number of nitriles is 1. The standard InChI is InChI=1S/C17H17NOS/c1-14-3-2-4-16(11-14)13-20-10-9-19-17-7-5-15(12-18)6-8-17/h2-8,11H,9-10,13H2,1H3. The molecular weight excluding hydrogens is 266 g/mol. The third-order valence-electron chi connectivity index (χ3n) is 2.83. The molecule has 2 rings (SSSR count). The Morgan fingerprint density at radius 3 is 2.65 bits per heavy atom. The van der Waals surface area contributed by atoms with E-state index in [1.165, 1.54) is 11.1 Å². The lowest BCUT2D eigenvalue weighted by Gasteiger charge is -2.06. The molecule has 0 fully saturated rings. The van der Waals surface area contributed by atoms with Crippen molar-refractivity contribution in [3.63, 3.8) is 0 Å². The Bertz CT molecular complexity index is 587. The molecule has 2 aromatic carbocycles. The van der Waals surface area contributed by atoms with E-state index in [4.69, 9.17) is 10.00 Å². The van der Waals surface area contributed by atoms with E-state index in [9.17, 15) is 0 Å². The van der Waals surface area contributed by atoms with Crippen molar-refractivity contribution in [2.24, 2.45) is 0 Å². The molecule has 0 heterocycles. The molecule has 0 unspecified atom stereocenters. The first kappa shape index (κ1) is 14.5. The van der Waals surface area contributed by atoms with Gasteiger partial charge in [-0.25, -0.2) is 0 Å². The summed E-state index contributed by atoms with van der Waals surface area (Å²) in [6.45, 7) is 2.80. The van der Waals surface area contributed by atoms with E-state index in [1.807, 2.05) is 23.9 Å².